The van der Waals surface area contributed by atoms with Crippen molar-refractivity contribution in [2.75, 3.05) is 20.8 Å². The number of hydrogen-bond acceptors (Lipinski definition) is 4. The van der Waals surface area contributed by atoms with Crippen LogP contribution in [0.5, 0.6) is 0 Å². The van der Waals surface area contributed by atoms with Crippen molar-refractivity contribution in [2.45, 2.75) is 13.0 Å². The summed E-state index contributed by atoms with van der Waals surface area (Å²) in [7, 11) is 3.68. The third-order valence-corrected chi connectivity index (χ3v) is 2.89. The van der Waals surface area contributed by atoms with Crippen LogP contribution < -0.4 is 5.32 Å². The predicted molar refractivity (Wildman–Crippen MR) is 55.0 cm³/mol. The minimum absolute atomic E-state index is 0.306. The molecule has 0 aliphatic heterocycles. The molecule has 1 rings (SSSR count). The molecular formula is C9H16N2OS. The van der Waals surface area contributed by atoms with Gasteiger partial charge in [-0.25, -0.2) is 4.98 Å². The molecule has 0 aliphatic rings. The smallest absolute Gasteiger partial charge is 0.110 e. The maximum absolute atomic E-state index is 5.12. The lowest BCUT2D eigenvalue weighted by molar-refractivity contribution is 0.141. The third-order valence-electron chi connectivity index (χ3n) is 2.03. The van der Waals surface area contributed by atoms with Crippen molar-refractivity contribution in [1.82, 2.24) is 10.3 Å². The summed E-state index contributed by atoms with van der Waals surface area (Å²) in [5.41, 5.74) is 0. The first kappa shape index (κ1) is 10.6. The van der Waals surface area contributed by atoms with E-state index in [1.165, 1.54) is 0 Å². The topological polar surface area (TPSA) is 34.2 Å². The lowest BCUT2D eigenvalue weighted by Crippen LogP contribution is -2.26. The van der Waals surface area contributed by atoms with Crippen molar-refractivity contribution in [2.24, 2.45) is 5.92 Å². The molecule has 0 saturated carbocycles. The van der Waals surface area contributed by atoms with Crippen LogP contribution in [-0.2, 0) is 4.74 Å². The zero-order chi connectivity index (χ0) is 9.68. The average Bonchev–Trinajstić information content (AvgIpc) is 2.59. The summed E-state index contributed by atoms with van der Waals surface area (Å²) >= 11 is 1.68. The second-order valence-corrected chi connectivity index (χ2v) is 4.00. The Hall–Kier alpha value is -0.450. The fraction of sp³-hybridized carbons (Fsp3) is 0.667. The van der Waals surface area contributed by atoms with Gasteiger partial charge in [-0.2, -0.15) is 0 Å². The first-order valence-corrected chi connectivity index (χ1v) is 5.23. The molecule has 2 unspecified atom stereocenters. The van der Waals surface area contributed by atoms with Crippen LogP contribution in [0, 0.1) is 5.92 Å². The van der Waals surface area contributed by atoms with Crippen LogP contribution in [0.2, 0.25) is 0 Å². The number of thiazole rings is 1. The molecule has 1 heterocycles. The van der Waals surface area contributed by atoms with Crippen LogP contribution in [0.1, 0.15) is 18.0 Å². The van der Waals surface area contributed by atoms with Crippen LogP contribution in [-0.4, -0.2) is 25.7 Å². The molecule has 1 aromatic heterocycles. The van der Waals surface area contributed by atoms with Crippen LogP contribution in [0.4, 0.5) is 0 Å². The molecule has 0 saturated heterocycles. The number of hydrogen-bond donors (Lipinski definition) is 1. The molecular weight excluding hydrogens is 184 g/mol. The fourth-order valence-corrected chi connectivity index (χ4v) is 2.28. The van der Waals surface area contributed by atoms with Crippen molar-refractivity contribution in [1.29, 1.82) is 0 Å². The summed E-state index contributed by atoms with van der Waals surface area (Å²) in [5.74, 6) is 0.446. The molecule has 0 fully saturated rings. The van der Waals surface area contributed by atoms with E-state index < -0.39 is 0 Å². The number of nitrogens with zero attached hydrogens (tertiary/aromatic N) is 1. The highest BCUT2D eigenvalue weighted by Gasteiger charge is 2.19. The summed E-state index contributed by atoms with van der Waals surface area (Å²) in [6.07, 6.45) is 1.84. The van der Waals surface area contributed by atoms with E-state index in [4.69, 9.17) is 4.74 Å². The van der Waals surface area contributed by atoms with Gasteiger partial charge in [0.25, 0.3) is 0 Å². The quantitative estimate of drug-likeness (QED) is 0.785. The first-order chi connectivity index (χ1) is 6.29. The second-order valence-electron chi connectivity index (χ2n) is 3.07. The van der Waals surface area contributed by atoms with E-state index in [9.17, 15) is 0 Å². The van der Waals surface area contributed by atoms with Gasteiger partial charge in [-0.05, 0) is 7.05 Å². The van der Waals surface area contributed by atoms with Gasteiger partial charge < -0.3 is 10.1 Å². The van der Waals surface area contributed by atoms with Crippen molar-refractivity contribution >= 4 is 11.3 Å². The van der Waals surface area contributed by atoms with E-state index >= 15 is 0 Å². The largest absolute Gasteiger partial charge is 0.384 e. The van der Waals surface area contributed by atoms with Gasteiger partial charge in [0.1, 0.15) is 5.01 Å². The van der Waals surface area contributed by atoms with E-state index in [-0.39, 0.29) is 0 Å². The van der Waals surface area contributed by atoms with E-state index in [0.29, 0.717) is 12.0 Å². The molecule has 1 N–H and O–H groups in total. The van der Waals surface area contributed by atoms with Gasteiger partial charge in [0.15, 0.2) is 0 Å². The summed E-state index contributed by atoms with van der Waals surface area (Å²) in [4.78, 5) is 4.29. The highest BCUT2D eigenvalue weighted by atomic mass is 32.1. The Morgan fingerprint density at radius 1 is 1.69 bits per heavy atom. The highest BCUT2D eigenvalue weighted by Crippen LogP contribution is 2.23. The standard InChI is InChI=1S/C9H16N2OS/c1-7(6-12-3)8(10-2)9-11-4-5-13-9/h4-5,7-8,10H,6H2,1-3H3. The normalized spacial score (nSPS) is 15.6. The fourth-order valence-electron chi connectivity index (χ4n) is 1.40. The lowest BCUT2D eigenvalue weighted by atomic mass is 10.0. The van der Waals surface area contributed by atoms with Gasteiger partial charge in [-0.1, -0.05) is 6.92 Å². The summed E-state index contributed by atoms with van der Waals surface area (Å²) in [6.45, 7) is 2.91. The summed E-state index contributed by atoms with van der Waals surface area (Å²) < 4.78 is 5.12. The molecule has 0 amide bonds. The van der Waals surface area contributed by atoms with E-state index in [0.717, 1.165) is 11.6 Å². The zero-order valence-electron chi connectivity index (χ0n) is 8.28. The van der Waals surface area contributed by atoms with Gasteiger partial charge in [-0.15, -0.1) is 11.3 Å². The van der Waals surface area contributed by atoms with Crippen molar-refractivity contribution < 1.29 is 4.74 Å². The average molecular weight is 200 g/mol. The Morgan fingerprint density at radius 2 is 2.46 bits per heavy atom. The van der Waals surface area contributed by atoms with E-state index in [2.05, 4.69) is 17.2 Å². The molecule has 2 atom stereocenters. The maximum atomic E-state index is 5.12. The van der Waals surface area contributed by atoms with Gasteiger partial charge in [0.2, 0.25) is 0 Å². The van der Waals surface area contributed by atoms with Gasteiger partial charge in [0, 0.05) is 24.6 Å². The Bertz CT molecular complexity index is 226. The summed E-state index contributed by atoms with van der Waals surface area (Å²) in [5, 5.41) is 6.39. The molecule has 0 aliphatic carbocycles. The SMILES string of the molecule is CNC(c1nccs1)C(C)COC. The van der Waals surface area contributed by atoms with Crippen LogP contribution in [0.25, 0.3) is 0 Å². The molecule has 74 valence electrons. The van der Waals surface area contributed by atoms with Crippen molar-refractivity contribution in [3.63, 3.8) is 0 Å². The maximum Gasteiger partial charge on any atom is 0.110 e. The Kier molecular flexibility index (Phi) is 4.35. The molecule has 0 bridgehead atoms. The predicted octanol–water partition coefficient (Wildman–Crippen LogP) is 1.69. The monoisotopic (exact) mass is 200 g/mol. The minimum atomic E-state index is 0.306. The summed E-state index contributed by atoms with van der Waals surface area (Å²) in [6, 6.07) is 0.306. The highest BCUT2D eigenvalue weighted by molar-refractivity contribution is 7.09. The number of aromatic nitrogens is 1. The third kappa shape index (κ3) is 2.76. The molecule has 13 heavy (non-hydrogen) atoms. The van der Waals surface area contributed by atoms with Crippen LogP contribution in [0.15, 0.2) is 11.6 Å². The molecule has 0 spiro atoms. The van der Waals surface area contributed by atoms with Gasteiger partial charge >= 0.3 is 0 Å². The molecule has 4 heteroatoms. The van der Waals surface area contributed by atoms with Crippen LogP contribution in [0.3, 0.4) is 0 Å². The Morgan fingerprint density at radius 3 is 2.92 bits per heavy atom. The minimum Gasteiger partial charge on any atom is -0.384 e. The number of nitrogens with one attached hydrogen (secondary N) is 1. The first-order valence-electron chi connectivity index (χ1n) is 4.35. The number of ether oxygens (including phenoxy) is 1. The van der Waals surface area contributed by atoms with E-state index in [1.54, 1.807) is 18.4 Å². The molecule has 1 aromatic rings. The Balaban J connectivity index is 2.62. The molecule has 0 radical (unpaired) electrons. The van der Waals surface area contributed by atoms with Crippen molar-refractivity contribution in [3.8, 4) is 0 Å². The van der Waals surface area contributed by atoms with Gasteiger partial charge in [-0.3, -0.25) is 0 Å². The van der Waals surface area contributed by atoms with Crippen LogP contribution >= 0.6 is 11.3 Å². The van der Waals surface area contributed by atoms with Gasteiger partial charge in [0.05, 0.1) is 12.6 Å². The molecule has 0 aromatic carbocycles. The number of methoxy groups -OCH3 is 1. The number of rotatable bonds is 5. The second kappa shape index (κ2) is 5.32. The van der Waals surface area contributed by atoms with E-state index in [1.807, 2.05) is 18.6 Å². The van der Waals surface area contributed by atoms with Crippen molar-refractivity contribution in [3.05, 3.63) is 16.6 Å². The zero-order valence-corrected chi connectivity index (χ0v) is 9.10. The Labute approximate surface area is 83.1 Å². The molecule has 3 nitrogen and oxygen atoms in total. The lowest BCUT2D eigenvalue weighted by Gasteiger charge is -2.20.